The molecule has 3 heterocycles. The molecule has 7 nitrogen and oxygen atoms in total. The van der Waals surface area contributed by atoms with Crippen LogP contribution in [-0.2, 0) is 11.8 Å². The first-order valence-electron chi connectivity index (χ1n) is 12.1. The Hall–Kier alpha value is -3.66. The Morgan fingerprint density at radius 3 is 2.59 bits per heavy atom. The summed E-state index contributed by atoms with van der Waals surface area (Å²) in [5.74, 6) is 0.639. The highest BCUT2D eigenvalue weighted by Gasteiger charge is 2.31. The Kier molecular flexibility index (Phi) is 6.06. The minimum absolute atomic E-state index is 0.215. The average Bonchev–Trinajstić information content (AvgIpc) is 3.52. The van der Waals surface area contributed by atoms with Crippen LogP contribution in [0.5, 0.6) is 0 Å². The summed E-state index contributed by atoms with van der Waals surface area (Å²) in [6.07, 6.45) is 10.0. The van der Waals surface area contributed by atoms with Gasteiger partial charge in [0.05, 0.1) is 11.6 Å². The number of hydrogen-bond acceptors (Lipinski definition) is 4. The van der Waals surface area contributed by atoms with E-state index in [0.29, 0.717) is 23.1 Å². The van der Waals surface area contributed by atoms with Gasteiger partial charge < -0.3 is 14.8 Å². The topological polar surface area (TPSA) is 91.0 Å². The molecule has 3 aromatic rings. The molecule has 1 saturated heterocycles. The minimum Gasteiger partial charge on any atom is -0.350 e. The Labute approximate surface area is 199 Å². The van der Waals surface area contributed by atoms with Crippen LogP contribution in [0, 0.1) is 17.2 Å². The summed E-state index contributed by atoms with van der Waals surface area (Å²) in [6.45, 7) is 1.63. The number of piperidine rings is 1. The summed E-state index contributed by atoms with van der Waals surface area (Å²) in [7, 11) is 2.04. The van der Waals surface area contributed by atoms with Crippen LogP contribution in [-0.4, -0.2) is 39.4 Å². The average molecular weight is 456 g/mol. The maximum atomic E-state index is 12.8. The van der Waals surface area contributed by atoms with Crippen LogP contribution in [0.4, 0.5) is 5.69 Å². The number of likely N-dealkylation sites (tertiary alicyclic amines) is 1. The Bertz CT molecular complexity index is 1270. The lowest BCUT2D eigenvalue weighted by Gasteiger charge is -2.33. The molecule has 0 spiro atoms. The zero-order valence-corrected chi connectivity index (χ0v) is 19.5. The third-order valence-corrected chi connectivity index (χ3v) is 7.35. The van der Waals surface area contributed by atoms with E-state index >= 15 is 0 Å². The van der Waals surface area contributed by atoms with E-state index in [4.69, 9.17) is 5.26 Å². The largest absolute Gasteiger partial charge is 0.350 e. The van der Waals surface area contributed by atoms with Crippen molar-refractivity contribution in [1.82, 2.24) is 14.5 Å². The molecule has 0 radical (unpaired) electrons. The molecule has 1 aliphatic heterocycles. The number of amides is 2. The van der Waals surface area contributed by atoms with Gasteiger partial charge in [0.15, 0.2) is 0 Å². The van der Waals surface area contributed by atoms with Crippen molar-refractivity contribution in [3.05, 3.63) is 59.5 Å². The number of nitrogens with zero attached hydrogens (tertiary/aromatic N) is 4. The maximum absolute atomic E-state index is 12.8. The summed E-state index contributed by atoms with van der Waals surface area (Å²) in [4.78, 5) is 31.7. The van der Waals surface area contributed by atoms with E-state index in [1.807, 2.05) is 31.3 Å². The highest BCUT2D eigenvalue weighted by molar-refractivity contribution is 6.04. The van der Waals surface area contributed by atoms with E-state index in [-0.39, 0.29) is 17.5 Å². The van der Waals surface area contributed by atoms with Crippen molar-refractivity contribution in [3.8, 4) is 6.07 Å². The van der Waals surface area contributed by atoms with Gasteiger partial charge in [-0.05, 0) is 67.5 Å². The summed E-state index contributed by atoms with van der Waals surface area (Å²) in [5.41, 5.74) is 3.70. The molecule has 174 valence electrons. The van der Waals surface area contributed by atoms with Gasteiger partial charge in [0.25, 0.3) is 5.91 Å². The van der Waals surface area contributed by atoms with E-state index in [9.17, 15) is 9.59 Å². The van der Waals surface area contributed by atoms with E-state index < -0.39 is 0 Å². The second-order valence-corrected chi connectivity index (χ2v) is 9.50. The maximum Gasteiger partial charge on any atom is 0.274 e. The van der Waals surface area contributed by atoms with Crippen molar-refractivity contribution in [2.75, 3.05) is 18.4 Å². The van der Waals surface area contributed by atoms with Gasteiger partial charge in [-0.15, -0.1) is 0 Å². The highest BCUT2D eigenvalue weighted by Crippen LogP contribution is 2.36. The van der Waals surface area contributed by atoms with Gasteiger partial charge in [-0.3, -0.25) is 14.6 Å². The van der Waals surface area contributed by atoms with E-state index in [1.165, 1.54) is 30.7 Å². The molecule has 1 aliphatic carbocycles. The lowest BCUT2D eigenvalue weighted by Crippen LogP contribution is -2.40. The summed E-state index contributed by atoms with van der Waals surface area (Å²) < 4.78 is 2.13. The van der Waals surface area contributed by atoms with Gasteiger partial charge in [-0.25, -0.2) is 0 Å². The molecular formula is C27H29N5O2. The number of carbonyl (C=O) groups excluding carboxylic acids is 2. The van der Waals surface area contributed by atoms with Gasteiger partial charge in [0, 0.05) is 55.0 Å². The molecule has 2 fully saturated rings. The minimum atomic E-state index is -0.340. The van der Waals surface area contributed by atoms with Crippen molar-refractivity contribution < 1.29 is 9.59 Å². The first-order valence-corrected chi connectivity index (χ1v) is 12.1. The van der Waals surface area contributed by atoms with Gasteiger partial charge in [0.2, 0.25) is 5.91 Å². The number of pyridine rings is 1. The van der Waals surface area contributed by atoms with Crippen LogP contribution in [0.2, 0.25) is 0 Å². The van der Waals surface area contributed by atoms with Crippen LogP contribution >= 0.6 is 0 Å². The molecule has 1 saturated carbocycles. The molecule has 5 rings (SSSR count). The molecule has 0 unspecified atom stereocenters. The summed E-state index contributed by atoms with van der Waals surface area (Å²) in [5, 5.41) is 13.1. The quantitative estimate of drug-likeness (QED) is 0.623. The number of carbonyl (C=O) groups is 2. The molecule has 2 aliphatic rings. The number of rotatable bonds is 4. The van der Waals surface area contributed by atoms with E-state index in [0.717, 1.165) is 49.7 Å². The number of aryl methyl sites for hydroxylation is 1. The first-order chi connectivity index (χ1) is 16.5. The van der Waals surface area contributed by atoms with Crippen molar-refractivity contribution in [2.24, 2.45) is 13.0 Å². The monoisotopic (exact) mass is 455 g/mol. The van der Waals surface area contributed by atoms with Gasteiger partial charge >= 0.3 is 0 Å². The van der Waals surface area contributed by atoms with Crippen LogP contribution in [0.15, 0.2) is 42.7 Å². The zero-order chi connectivity index (χ0) is 23.7. The lowest BCUT2D eigenvalue weighted by atomic mass is 9.88. The van der Waals surface area contributed by atoms with Crippen molar-refractivity contribution in [2.45, 2.75) is 44.4 Å². The Morgan fingerprint density at radius 1 is 1.09 bits per heavy atom. The van der Waals surface area contributed by atoms with Crippen molar-refractivity contribution in [1.29, 1.82) is 5.26 Å². The number of anilines is 1. The fourth-order valence-corrected chi connectivity index (χ4v) is 5.49. The Morgan fingerprint density at radius 2 is 1.85 bits per heavy atom. The standard InChI is InChI=1S/C27H29N5O2/c1-31-17-23(19-9-12-32(13-10-19)27(34)20-4-2-3-5-20)22-15-21(6-7-25(22)31)30-26(33)24-14-18(16-28)8-11-29-24/h6-8,11,14-15,17,19-20H,2-5,9-10,12-13H2,1H3,(H,30,33). The number of aromatic nitrogens is 2. The molecule has 2 aromatic heterocycles. The molecule has 2 amide bonds. The molecular weight excluding hydrogens is 426 g/mol. The predicted molar refractivity (Wildman–Crippen MR) is 130 cm³/mol. The van der Waals surface area contributed by atoms with Crippen LogP contribution in [0.3, 0.4) is 0 Å². The fraction of sp³-hybridized carbons (Fsp3) is 0.407. The number of hydrogen-bond donors (Lipinski definition) is 1. The molecule has 34 heavy (non-hydrogen) atoms. The second kappa shape index (κ2) is 9.30. The van der Waals surface area contributed by atoms with Crippen molar-refractivity contribution >= 4 is 28.4 Å². The predicted octanol–water partition coefficient (Wildman–Crippen LogP) is 4.59. The molecule has 1 N–H and O–H groups in total. The summed E-state index contributed by atoms with van der Waals surface area (Å²) >= 11 is 0. The second-order valence-electron chi connectivity index (χ2n) is 9.50. The molecule has 7 heteroatoms. The van der Waals surface area contributed by atoms with Crippen LogP contribution in [0.1, 0.15) is 66.1 Å². The van der Waals surface area contributed by atoms with E-state index in [2.05, 4.69) is 26.0 Å². The fourth-order valence-electron chi connectivity index (χ4n) is 5.49. The van der Waals surface area contributed by atoms with Crippen LogP contribution < -0.4 is 5.32 Å². The molecule has 0 bridgehead atoms. The third kappa shape index (κ3) is 4.28. The number of nitriles is 1. The number of nitrogens with one attached hydrogen (secondary N) is 1. The van der Waals surface area contributed by atoms with Crippen molar-refractivity contribution in [3.63, 3.8) is 0 Å². The summed E-state index contributed by atoms with van der Waals surface area (Å²) in [6, 6.07) is 11.0. The van der Waals surface area contributed by atoms with Crippen LogP contribution in [0.25, 0.3) is 10.9 Å². The third-order valence-electron chi connectivity index (χ3n) is 7.35. The van der Waals surface area contributed by atoms with Gasteiger partial charge in [-0.2, -0.15) is 5.26 Å². The smallest absolute Gasteiger partial charge is 0.274 e. The SMILES string of the molecule is Cn1cc(C2CCN(C(=O)C3CCCC3)CC2)c2cc(NC(=O)c3cc(C#N)ccn3)ccc21. The zero-order valence-electron chi connectivity index (χ0n) is 19.5. The molecule has 0 atom stereocenters. The Balaban J connectivity index is 1.32. The lowest BCUT2D eigenvalue weighted by molar-refractivity contribution is -0.136. The number of fused-ring (bicyclic) bond motifs is 1. The molecule has 1 aromatic carbocycles. The van der Waals surface area contributed by atoms with Gasteiger partial charge in [-0.1, -0.05) is 12.8 Å². The highest BCUT2D eigenvalue weighted by atomic mass is 16.2. The normalized spacial score (nSPS) is 17.1. The number of benzene rings is 1. The van der Waals surface area contributed by atoms with Gasteiger partial charge in [0.1, 0.15) is 5.69 Å². The first kappa shape index (κ1) is 22.1. The van der Waals surface area contributed by atoms with E-state index in [1.54, 1.807) is 6.07 Å².